The van der Waals surface area contributed by atoms with Crippen molar-refractivity contribution >= 4 is 21.6 Å². The van der Waals surface area contributed by atoms with E-state index in [-0.39, 0.29) is 4.90 Å². The van der Waals surface area contributed by atoms with Crippen molar-refractivity contribution in [3.05, 3.63) is 53.1 Å². The van der Waals surface area contributed by atoms with Crippen LogP contribution in [-0.2, 0) is 10.0 Å². The second-order valence-electron chi connectivity index (χ2n) is 5.14. The van der Waals surface area contributed by atoms with E-state index in [0.29, 0.717) is 23.1 Å². The Morgan fingerprint density at radius 2 is 1.92 bits per heavy atom. The van der Waals surface area contributed by atoms with Gasteiger partial charge in [0.05, 0.1) is 18.6 Å². The Morgan fingerprint density at radius 1 is 1.17 bits per heavy atom. The van der Waals surface area contributed by atoms with Crippen LogP contribution in [0.1, 0.15) is 25.5 Å². The van der Waals surface area contributed by atoms with Crippen molar-refractivity contribution in [2.24, 2.45) is 0 Å². The fourth-order valence-electron chi connectivity index (χ4n) is 2.23. The number of nitrogens with one attached hydrogen (secondary N) is 1. The minimum absolute atomic E-state index is 0.125. The molecule has 0 spiro atoms. The van der Waals surface area contributed by atoms with Crippen LogP contribution in [0.25, 0.3) is 0 Å². The Bertz CT molecular complexity index is 808. The molecule has 0 unspecified atom stereocenters. The molecule has 2 aromatic carbocycles. The number of halogens is 1. The van der Waals surface area contributed by atoms with Gasteiger partial charge in [-0.1, -0.05) is 23.7 Å². The predicted octanol–water partition coefficient (Wildman–Crippen LogP) is 3.79. The Balaban J connectivity index is 2.24. The molecule has 1 atom stereocenters. The molecular weight excluding hydrogens is 350 g/mol. The average molecular weight is 370 g/mol. The zero-order chi connectivity index (χ0) is 17.7. The van der Waals surface area contributed by atoms with E-state index in [1.54, 1.807) is 44.4 Å². The topological polar surface area (TPSA) is 64.6 Å². The molecule has 130 valence electrons. The van der Waals surface area contributed by atoms with E-state index in [1.165, 1.54) is 12.1 Å². The normalized spacial score (nSPS) is 12.7. The molecule has 0 bridgehead atoms. The molecule has 0 aliphatic heterocycles. The smallest absolute Gasteiger partial charge is 0.241 e. The molecule has 0 saturated heterocycles. The molecular formula is C17H20ClNO4S. The first-order valence-corrected chi connectivity index (χ1v) is 9.32. The number of hydrogen-bond donors (Lipinski definition) is 1. The molecule has 2 rings (SSSR count). The molecule has 0 aromatic heterocycles. The lowest BCUT2D eigenvalue weighted by molar-refractivity contribution is 0.310. The maximum Gasteiger partial charge on any atom is 0.241 e. The highest BCUT2D eigenvalue weighted by Gasteiger charge is 2.19. The van der Waals surface area contributed by atoms with E-state index < -0.39 is 16.1 Å². The number of hydrogen-bond acceptors (Lipinski definition) is 4. The van der Waals surface area contributed by atoms with Gasteiger partial charge in [0, 0.05) is 11.1 Å². The number of benzene rings is 2. The van der Waals surface area contributed by atoms with Gasteiger partial charge in [0.25, 0.3) is 0 Å². The molecule has 2 aromatic rings. The van der Waals surface area contributed by atoms with Crippen molar-refractivity contribution in [3.8, 4) is 11.5 Å². The van der Waals surface area contributed by atoms with Crippen LogP contribution < -0.4 is 14.2 Å². The van der Waals surface area contributed by atoms with Crippen LogP contribution in [0.4, 0.5) is 0 Å². The zero-order valence-corrected chi connectivity index (χ0v) is 15.3. The second kappa shape index (κ2) is 7.88. The molecule has 24 heavy (non-hydrogen) atoms. The summed E-state index contributed by atoms with van der Waals surface area (Å²) in [5.74, 6) is 1.18. The van der Waals surface area contributed by atoms with Gasteiger partial charge in [0.1, 0.15) is 0 Å². The van der Waals surface area contributed by atoms with E-state index in [9.17, 15) is 8.42 Å². The Kier molecular flexibility index (Phi) is 6.10. The van der Waals surface area contributed by atoms with Crippen molar-refractivity contribution in [1.29, 1.82) is 0 Å². The van der Waals surface area contributed by atoms with E-state index in [0.717, 1.165) is 5.56 Å². The Morgan fingerprint density at radius 3 is 2.54 bits per heavy atom. The molecule has 0 amide bonds. The number of sulfonamides is 1. The fourth-order valence-corrected chi connectivity index (χ4v) is 3.76. The van der Waals surface area contributed by atoms with E-state index in [4.69, 9.17) is 21.1 Å². The lowest BCUT2D eigenvalue weighted by atomic mass is 10.1. The average Bonchev–Trinajstić information content (AvgIpc) is 2.55. The lowest BCUT2D eigenvalue weighted by Gasteiger charge is -2.17. The van der Waals surface area contributed by atoms with Crippen molar-refractivity contribution in [2.45, 2.75) is 24.8 Å². The summed E-state index contributed by atoms with van der Waals surface area (Å²) in [7, 11) is -2.13. The largest absolute Gasteiger partial charge is 0.493 e. The van der Waals surface area contributed by atoms with E-state index in [1.807, 2.05) is 6.92 Å². The van der Waals surface area contributed by atoms with Gasteiger partial charge in [-0.15, -0.1) is 0 Å². The summed E-state index contributed by atoms with van der Waals surface area (Å²) in [4.78, 5) is 0.125. The van der Waals surface area contributed by atoms with Gasteiger partial charge in [-0.3, -0.25) is 0 Å². The summed E-state index contributed by atoms with van der Waals surface area (Å²) < 4.78 is 38.3. The van der Waals surface area contributed by atoms with Crippen LogP contribution in [0.3, 0.4) is 0 Å². The monoisotopic (exact) mass is 369 g/mol. The second-order valence-corrected chi connectivity index (χ2v) is 7.29. The molecule has 0 heterocycles. The maximum absolute atomic E-state index is 12.5. The van der Waals surface area contributed by atoms with E-state index in [2.05, 4.69) is 4.72 Å². The lowest BCUT2D eigenvalue weighted by Crippen LogP contribution is -2.26. The maximum atomic E-state index is 12.5. The van der Waals surface area contributed by atoms with Gasteiger partial charge in [-0.25, -0.2) is 13.1 Å². The van der Waals surface area contributed by atoms with Crippen molar-refractivity contribution < 1.29 is 17.9 Å². The third kappa shape index (κ3) is 4.41. The van der Waals surface area contributed by atoms with Crippen LogP contribution in [0.15, 0.2) is 47.4 Å². The highest BCUT2D eigenvalue weighted by atomic mass is 35.5. The van der Waals surface area contributed by atoms with Crippen LogP contribution in [0.2, 0.25) is 5.02 Å². The molecule has 0 saturated carbocycles. The summed E-state index contributed by atoms with van der Waals surface area (Å²) in [6.45, 7) is 4.17. The first kappa shape index (κ1) is 18.6. The van der Waals surface area contributed by atoms with Crippen LogP contribution >= 0.6 is 11.6 Å². The summed E-state index contributed by atoms with van der Waals surface area (Å²) in [5, 5.41) is 0.369. The highest BCUT2D eigenvalue weighted by molar-refractivity contribution is 7.89. The summed E-state index contributed by atoms with van der Waals surface area (Å²) in [6.07, 6.45) is 0. The molecule has 0 aliphatic rings. The van der Waals surface area contributed by atoms with Gasteiger partial charge in [-0.05, 0) is 49.7 Å². The SMILES string of the molecule is CCOc1ccc([C@@H](C)NS(=O)(=O)c2cccc(Cl)c2)cc1OC. The minimum atomic E-state index is -3.68. The zero-order valence-electron chi connectivity index (χ0n) is 13.7. The summed E-state index contributed by atoms with van der Waals surface area (Å²) >= 11 is 5.87. The molecule has 0 aliphatic carbocycles. The first-order chi connectivity index (χ1) is 11.4. The molecule has 7 heteroatoms. The van der Waals surface area contributed by atoms with Crippen molar-refractivity contribution in [2.75, 3.05) is 13.7 Å². The standard InChI is InChI=1S/C17H20ClNO4S/c1-4-23-16-9-8-13(10-17(16)22-3)12(2)19-24(20,21)15-7-5-6-14(18)11-15/h5-12,19H,4H2,1-3H3/t12-/m1/s1. The van der Waals surface area contributed by atoms with Gasteiger partial charge >= 0.3 is 0 Å². The van der Waals surface area contributed by atoms with E-state index >= 15 is 0 Å². The van der Waals surface area contributed by atoms with Gasteiger partial charge < -0.3 is 9.47 Å². The molecule has 0 fully saturated rings. The van der Waals surface area contributed by atoms with Gasteiger partial charge in [0.15, 0.2) is 11.5 Å². The fraction of sp³-hybridized carbons (Fsp3) is 0.294. The quantitative estimate of drug-likeness (QED) is 0.806. The van der Waals surface area contributed by atoms with Crippen molar-refractivity contribution in [1.82, 2.24) is 4.72 Å². The Labute approximate surface area is 147 Å². The minimum Gasteiger partial charge on any atom is -0.493 e. The third-order valence-corrected chi connectivity index (χ3v) is 5.20. The van der Waals surface area contributed by atoms with Crippen molar-refractivity contribution in [3.63, 3.8) is 0 Å². The first-order valence-electron chi connectivity index (χ1n) is 7.46. The molecule has 1 N–H and O–H groups in total. The number of ether oxygens (including phenoxy) is 2. The third-order valence-electron chi connectivity index (χ3n) is 3.43. The van der Waals surface area contributed by atoms with Crippen LogP contribution in [0.5, 0.6) is 11.5 Å². The summed E-state index contributed by atoms with van der Waals surface area (Å²) in [6, 6.07) is 11.0. The van der Waals surface area contributed by atoms with Crippen LogP contribution in [0, 0.1) is 0 Å². The van der Waals surface area contributed by atoms with Gasteiger partial charge in [0.2, 0.25) is 10.0 Å². The molecule has 5 nitrogen and oxygen atoms in total. The Hall–Kier alpha value is -1.76. The highest BCUT2D eigenvalue weighted by Crippen LogP contribution is 2.30. The summed E-state index contributed by atoms with van der Waals surface area (Å²) in [5.41, 5.74) is 0.765. The molecule has 0 radical (unpaired) electrons. The number of methoxy groups -OCH3 is 1. The predicted molar refractivity (Wildman–Crippen MR) is 94.4 cm³/mol. The number of rotatable bonds is 7. The van der Waals surface area contributed by atoms with Gasteiger partial charge in [-0.2, -0.15) is 0 Å². The van der Waals surface area contributed by atoms with Crippen LogP contribution in [-0.4, -0.2) is 22.1 Å².